The second kappa shape index (κ2) is 50.7. The van der Waals surface area contributed by atoms with Crippen LogP contribution < -0.4 is 57.1 Å². The Morgan fingerprint density at radius 2 is 0.878 bits per heavy atom. The number of thiophene rings is 4. The minimum atomic E-state index is -4.24. The molecule has 0 radical (unpaired) electrons. The third-order valence-corrected chi connectivity index (χ3v) is 19.5. The van der Waals surface area contributed by atoms with Crippen molar-refractivity contribution < 1.29 is 208 Å². The number of hydrogen-bond donors (Lipinski definition) is 8. The van der Waals surface area contributed by atoms with Crippen LogP contribution in [0.2, 0.25) is 5.02 Å². The maximum absolute atomic E-state index is 13.3. The number of aromatic hydroxyl groups is 1. The number of halogens is 12. The second-order valence-corrected chi connectivity index (χ2v) is 28.8. The first-order valence-electron chi connectivity index (χ1n) is 31.0. The molecule has 123 heavy (non-hydrogen) atoms. The van der Waals surface area contributed by atoms with E-state index in [1.165, 1.54) is 67.2 Å². The van der Waals surface area contributed by atoms with Crippen molar-refractivity contribution in [2.75, 3.05) is 32.3 Å². The van der Waals surface area contributed by atoms with Crippen molar-refractivity contribution in [2.45, 2.75) is 18.4 Å². The molecule has 0 saturated heterocycles. The van der Waals surface area contributed by atoms with E-state index < -0.39 is 182 Å². The SMILES string of the molecule is CCO.COC(=O)CS.COC(=O)c1cc2cc([N+](=O)[O-])c(F)cc2s1.Nc1cc2ccsc2cc1F.O=C(O)c1cc(Cl)c(O)c(S(=O)(=O)Cl)c1.O=C(O)c1cc([N+](=O)[O-])c(F)cc1F.O=C(O)c1cc2cc([N+](=O)[O-])c(F)cc2s1.O=Cc1cc([N+](=O)[O-])c(F)cc1F.O=[N+]([O-])c1cc(CO)c(F)cc1F.O=[N+]([O-])c1cc2ccsc2cc1F.[K+].[OH-]. The van der Waals surface area contributed by atoms with Crippen LogP contribution in [0, 0.1) is 119 Å². The molecule has 0 aliphatic carbocycles. The number of aldehydes is 1. The van der Waals surface area contributed by atoms with Gasteiger partial charge in [0.15, 0.2) is 12.0 Å². The Morgan fingerprint density at radius 3 is 1.26 bits per heavy atom. The summed E-state index contributed by atoms with van der Waals surface area (Å²) in [6.07, 6.45) is 0.0851. The van der Waals surface area contributed by atoms with E-state index in [0.29, 0.717) is 55.9 Å². The molecular weight excluding hydrogens is 1870 g/mol. The number of aliphatic hydroxyl groups is 2. The number of phenolic OH excluding ortho intramolecular Hbond substituents is 1. The third kappa shape index (κ3) is 32.3. The van der Waals surface area contributed by atoms with E-state index in [1.54, 1.807) is 24.4 Å². The number of phenols is 1. The largest absolute Gasteiger partial charge is 1.00 e. The second-order valence-electron chi connectivity index (χ2n) is 21.5. The Labute approximate surface area is 751 Å². The van der Waals surface area contributed by atoms with Crippen molar-refractivity contribution in [3.63, 3.8) is 0 Å². The molecule has 36 nitrogen and oxygen atoms in total. The van der Waals surface area contributed by atoms with Crippen molar-refractivity contribution in [3.05, 3.63) is 288 Å². The van der Waals surface area contributed by atoms with Gasteiger partial charge in [-0.05, 0) is 95.2 Å². The maximum Gasteiger partial charge on any atom is 1.00 e. The number of thiol groups is 1. The Morgan fingerprint density at radius 1 is 0.504 bits per heavy atom. The number of carboxylic acid groups (broad SMARTS) is 3. The van der Waals surface area contributed by atoms with E-state index in [1.807, 2.05) is 11.4 Å². The smallest absolute Gasteiger partial charge is 0.870 e. The van der Waals surface area contributed by atoms with Crippen molar-refractivity contribution >= 4 is 206 Å². The van der Waals surface area contributed by atoms with Crippen LogP contribution in [0.1, 0.15) is 62.9 Å². The molecule has 12 aromatic rings. The number of anilines is 1. The van der Waals surface area contributed by atoms with Crippen molar-refractivity contribution in [1.29, 1.82) is 0 Å². The van der Waals surface area contributed by atoms with E-state index >= 15 is 0 Å². The zero-order chi connectivity index (χ0) is 92.1. The number of carbonyl (C=O) groups excluding carboxylic acids is 3. The van der Waals surface area contributed by atoms with Gasteiger partial charge in [0.1, 0.15) is 43.5 Å². The van der Waals surface area contributed by atoms with Gasteiger partial charge in [0.2, 0.25) is 34.9 Å². The number of aromatic carboxylic acids is 3. The molecule has 650 valence electrons. The Bertz CT molecular complexity index is 6020. The van der Waals surface area contributed by atoms with Gasteiger partial charge in [0, 0.05) is 107 Å². The standard InChI is InChI=1S/C10H6FNO4S.C9H4FNO4S.C8H4FNO2S.C8H6FNS.C7H4Cl2O5S.C7H3F2NO4.C7H5F2NO3.C7H3F2NO3.C3H6O2S.C2H6O.K.H2O/c1-16-10(13)9-3-5-2-7(12(14)15)6(11)4-8(5)17-9;10-5-3-7-4(1-6(5)11(14)15)2-8(16-7)9(12)13;9-6-4-8-5(1-2-13-8)3-7(6)10(11)12;9-6-4-8-5(1-2-11-8)3-7(6)10;8-4-1-3(7(11)12)2-5(6(4)10)15(9,13)14;8-4-2-5(9)6(10(13)14)1-3(4)7(11)12;2*8-5-2-6(9)7(10(12)13)1-4(5)3-11;1-5-3(4)2-6;1-2-3;;/h2-4H,1H3;1-3H,(H,12,13);1-4H;1-4H,10H2;1-2,10H,(H,11,12);1-2H,(H,11,12);1-2,11H,3H2;1-3H;6H,2H2,1H3;3H,2H2,1H3;;1H2/q;;;;;;;;;;+1;/p-1. The average molecular weight is 1920 g/mol. The molecule has 0 unspecified atom stereocenters. The molecule has 0 aliphatic rings. The number of carboxylic acids is 3. The number of aliphatic hydroxyl groups excluding tert-OH is 2. The molecule has 0 aliphatic heterocycles. The molecule has 12 rings (SSSR count). The van der Waals surface area contributed by atoms with Crippen LogP contribution in [0.5, 0.6) is 5.75 Å². The van der Waals surface area contributed by atoms with Crippen LogP contribution >= 0.6 is 80.3 Å². The molecule has 55 heteroatoms. The molecule has 0 bridgehead atoms. The predicted molar refractivity (Wildman–Crippen MR) is 421 cm³/mol. The first-order valence-corrected chi connectivity index (χ1v) is 37.7. The van der Waals surface area contributed by atoms with Gasteiger partial charge in [-0.25, -0.2) is 45.2 Å². The van der Waals surface area contributed by atoms with Gasteiger partial charge < -0.3 is 51.3 Å². The zero-order valence-corrected chi connectivity index (χ0v) is 70.9. The summed E-state index contributed by atoms with van der Waals surface area (Å²) in [6, 6.07) is 20.2. The Hall–Kier alpha value is -11.7. The molecule has 4 heterocycles. The molecule has 0 fully saturated rings. The van der Waals surface area contributed by atoms with Crippen LogP contribution in [0.4, 0.5) is 83.7 Å². The average Bonchev–Trinajstić information content (AvgIpc) is 1.57. The number of rotatable bonds is 14. The van der Waals surface area contributed by atoms with Crippen LogP contribution in [-0.2, 0) is 29.9 Å². The van der Waals surface area contributed by atoms with Crippen molar-refractivity contribution in [3.8, 4) is 5.75 Å². The normalized spacial score (nSPS) is 10.0. The number of carbonyl (C=O) groups is 6. The van der Waals surface area contributed by atoms with Crippen LogP contribution in [0.25, 0.3) is 40.3 Å². The van der Waals surface area contributed by atoms with Gasteiger partial charge in [0.05, 0.1) is 78.0 Å². The number of nitro groups is 6. The van der Waals surface area contributed by atoms with Gasteiger partial charge in [-0.15, -0.1) is 45.3 Å². The fourth-order valence-electron chi connectivity index (χ4n) is 8.22. The number of nitrogen functional groups attached to an aromatic ring is 1. The zero-order valence-electron chi connectivity index (χ0n) is 61.3. The van der Waals surface area contributed by atoms with Crippen LogP contribution in [-0.4, -0.2) is 137 Å². The monoisotopic (exact) mass is 1920 g/mol. The summed E-state index contributed by atoms with van der Waals surface area (Å²) < 4.78 is 161. The summed E-state index contributed by atoms with van der Waals surface area (Å²) in [5.41, 5.74) is -1.09. The van der Waals surface area contributed by atoms with Gasteiger partial charge in [-0.2, -0.15) is 39.0 Å². The fourth-order valence-corrected chi connectivity index (χ4v) is 13.1. The van der Waals surface area contributed by atoms with Crippen LogP contribution in [0.15, 0.2) is 137 Å². The van der Waals surface area contributed by atoms with Gasteiger partial charge in [0.25, 0.3) is 9.05 Å². The molecule has 4 aromatic heterocycles. The molecule has 0 saturated carbocycles. The molecular formula is C68H48Cl2F10KN7O29S6. The number of esters is 2. The summed E-state index contributed by atoms with van der Waals surface area (Å²) in [5, 5.41) is 119. The molecule has 9 N–H and O–H groups in total. The van der Waals surface area contributed by atoms with E-state index in [2.05, 4.69) is 22.1 Å². The summed E-state index contributed by atoms with van der Waals surface area (Å²) in [7, 11) is 3.30. The number of nitro benzene ring substituents is 6. The van der Waals surface area contributed by atoms with Gasteiger partial charge in [-0.1, -0.05) is 11.6 Å². The summed E-state index contributed by atoms with van der Waals surface area (Å²) in [6.45, 7) is 1.23. The van der Waals surface area contributed by atoms with Gasteiger partial charge >= 0.3 is 115 Å². The molecule has 0 spiro atoms. The number of nitrogens with zero attached hydrogens (tertiary/aromatic N) is 6. The fraction of sp³-hybridized carbons (Fsp3) is 0.0882. The number of benzene rings is 8. The van der Waals surface area contributed by atoms with E-state index in [0.717, 1.165) is 73.9 Å². The number of nitrogens with two attached hydrogens (primary N) is 1. The first-order chi connectivity index (χ1) is 56.5. The number of methoxy groups -OCH3 is 2. The molecule has 0 amide bonds. The Balaban J connectivity index is 0.000000693. The Kier molecular flexibility index (Phi) is 45.0. The van der Waals surface area contributed by atoms with Crippen molar-refractivity contribution in [2.24, 2.45) is 0 Å². The summed E-state index contributed by atoms with van der Waals surface area (Å²) >= 11 is 13.8. The maximum atomic E-state index is 13.3. The minimum absolute atomic E-state index is 0. The minimum Gasteiger partial charge on any atom is -0.870 e. The number of hydrogen-bond acceptors (Lipinski definition) is 32. The number of fused-ring (bicyclic) bond motifs is 4. The van der Waals surface area contributed by atoms with Gasteiger partial charge in [-0.3, -0.25) is 70.3 Å². The molecule has 8 aromatic carbocycles. The van der Waals surface area contributed by atoms with Crippen molar-refractivity contribution in [1.82, 2.24) is 0 Å². The first kappa shape index (κ1) is 109. The van der Waals surface area contributed by atoms with E-state index in [-0.39, 0.29) is 120 Å². The van der Waals surface area contributed by atoms with Crippen LogP contribution in [0.3, 0.4) is 0 Å². The summed E-state index contributed by atoms with van der Waals surface area (Å²) in [5.74, 6) is -16.0. The quantitative estimate of drug-likeness (QED) is 0.00577. The molecule has 0 atom stereocenters. The summed E-state index contributed by atoms with van der Waals surface area (Å²) in [4.78, 5) is 119. The predicted octanol–water partition coefficient (Wildman–Crippen LogP) is 14.2. The number of ether oxygens (including phenoxy) is 2. The van der Waals surface area contributed by atoms with E-state index in [4.69, 9.17) is 53.5 Å². The topological polar surface area (TPSA) is 591 Å². The van der Waals surface area contributed by atoms with E-state index in [9.17, 15) is 147 Å². The third-order valence-electron chi connectivity index (χ3n) is 13.7.